The van der Waals surface area contributed by atoms with Gasteiger partial charge in [-0.3, -0.25) is 0 Å². The maximum Gasteiger partial charge on any atom is 0.340 e. The van der Waals surface area contributed by atoms with E-state index in [9.17, 15) is 9.70 Å². The van der Waals surface area contributed by atoms with Crippen molar-refractivity contribution in [2.24, 2.45) is 5.29 Å². The Hall–Kier alpha value is -2.23. The molecule has 9 nitrogen and oxygen atoms in total. The molecule has 2 amide bonds. The van der Waals surface area contributed by atoms with Crippen LogP contribution in [-0.4, -0.2) is 50.4 Å². The number of carbonyl (C=O) groups is 1. The van der Waals surface area contributed by atoms with Crippen LogP contribution in [-0.2, 0) is 6.54 Å². The Kier molecular flexibility index (Phi) is 4.45. The molecule has 0 radical (unpaired) electrons. The summed E-state index contributed by atoms with van der Waals surface area (Å²) in [7, 11) is 1.28. The van der Waals surface area contributed by atoms with Crippen molar-refractivity contribution < 1.29 is 4.79 Å². The van der Waals surface area contributed by atoms with E-state index >= 15 is 0 Å². The number of nitrogens with zero attached hydrogens (tertiary/aromatic N) is 6. The normalized spacial score (nSPS) is 10.5. The third-order valence-corrected chi connectivity index (χ3v) is 3.29. The summed E-state index contributed by atoms with van der Waals surface area (Å²) in [5.74, 6) is 0. The molecule has 0 fully saturated rings. The highest BCUT2D eigenvalue weighted by atomic mass is 32.2. The van der Waals surface area contributed by atoms with Crippen LogP contribution >= 0.6 is 11.8 Å². The van der Waals surface area contributed by atoms with Crippen molar-refractivity contribution in [2.75, 3.05) is 19.8 Å². The lowest BCUT2D eigenvalue weighted by atomic mass is 10.5. The molecular formula is C10H13N7O2S. The first-order valence-electron chi connectivity index (χ1n) is 5.72. The second kappa shape index (κ2) is 6.28. The molecule has 1 N–H and O–H groups in total. The first-order chi connectivity index (χ1) is 9.67. The molecule has 0 unspecified atom stereocenters. The standard InChI is InChI=1S/C10H13N7O2S/c1-16(15-19)10(18)11-3-4-17-6-14-7-8(17)12-5-13-9(7)20-2/h5-6H,3-4H2,1-2H3,(H,11,18). The predicted octanol–water partition coefficient (Wildman–Crippen LogP) is 0.871. The van der Waals surface area contributed by atoms with Gasteiger partial charge in [-0.25, -0.2) is 19.7 Å². The van der Waals surface area contributed by atoms with Crippen LogP contribution in [0.3, 0.4) is 0 Å². The molecule has 106 valence electrons. The number of aromatic nitrogens is 4. The zero-order chi connectivity index (χ0) is 14.5. The molecule has 0 aromatic carbocycles. The summed E-state index contributed by atoms with van der Waals surface area (Å²) >= 11 is 1.50. The van der Waals surface area contributed by atoms with Crippen LogP contribution in [0.25, 0.3) is 11.2 Å². The fourth-order valence-corrected chi connectivity index (χ4v) is 2.10. The first-order valence-corrected chi connectivity index (χ1v) is 6.94. The molecule has 2 rings (SSSR count). The van der Waals surface area contributed by atoms with E-state index in [2.05, 4.69) is 25.6 Å². The Bertz CT molecular complexity index is 629. The molecule has 0 spiro atoms. The Morgan fingerprint density at radius 2 is 2.30 bits per heavy atom. The highest BCUT2D eigenvalue weighted by molar-refractivity contribution is 7.98. The van der Waals surface area contributed by atoms with Gasteiger partial charge in [0.15, 0.2) is 5.65 Å². The Balaban J connectivity index is 2.04. The zero-order valence-corrected chi connectivity index (χ0v) is 11.8. The van der Waals surface area contributed by atoms with Crippen LogP contribution in [0.1, 0.15) is 0 Å². The van der Waals surface area contributed by atoms with Gasteiger partial charge in [-0.1, -0.05) is 0 Å². The number of imidazole rings is 1. The topological polar surface area (TPSA) is 105 Å². The van der Waals surface area contributed by atoms with Crippen LogP contribution in [0, 0.1) is 4.91 Å². The number of urea groups is 1. The summed E-state index contributed by atoms with van der Waals surface area (Å²) in [5.41, 5.74) is 1.44. The van der Waals surface area contributed by atoms with E-state index in [0.29, 0.717) is 23.7 Å². The summed E-state index contributed by atoms with van der Waals surface area (Å²) in [5, 5.41) is 6.57. The van der Waals surface area contributed by atoms with Crippen LogP contribution in [0.15, 0.2) is 23.0 Å². The number of carbonyl (C=O) groups excluding carboxylic acids is 1. The maximum atomic E-state index is 11.3. The van der Waals surface area contributed by atoms with Gasteiger partial charge in [-0.15, -0.1) is 16.7 Å². The average Bonchev–Trinajstić information content (AvgIpc) is 2.89. The smallest absolute Gasteiger partial charge is 0.335 e. The van der Waals surface area contributed by atoms with E-state index in [-0.39, 0.29) is 0 Å². The molecule has 0 bridgehead atoms. The molecule has 2 aromatic heterocycles. The van der Waals surface area contributed by atoms with E-state index in [4.69, 9.17) is 0 Å². The van der Waals surface area contributed by atoms with Crippen molar-refractivity contribution in [2.45, 2.75) is 11.6 Å². The second-order valence-corrected chi connectivity index (χ2v) is 4.63. The van der Waals surface area contributed by atoms with Crippen LogP contribution in [0.5, 0.6) is 0 Å². The van der Waals surface area contributed by atoms with Gasteiger partial charge in [0.1, 0.15) is 16.9 Å². The number of amides is 2. The Morgan fingerprint density at radius 3 is 3.00 bits per heavy atom. The molecule has 0 aliphatic carbocycles. The minimum Gasteiger partial charge on any atom is -0.335 e. The van der Waals surface area contributed by atoms with Crippen molar-refractivity contribution >= 4 is 29.0 Å². The van der Waals surface area contributed by atoms with Crippen molar-refractivity contribution in [1.29, 1.82) is 0 Å². The molecule has 10 heteroatoms. The van der Waals surface area contributed by atoms with Crippen LogP contribution < -0.4 is 5.32 Å². The molecule has 0 saturated carbocycles. The highest BCUT2D eigenvalue weighted by Gasteiger charge is 2.10. The lowest BCUT2D eigenvalue weighted by Crippen LogP contribution is -2.35. The van der Waals surface area contributed by atoms with Crippen LogP contribution in [0.4, 0.5) is 4.79 Å². The van der Waals surface area contributed by atoms with Gasteiger partial charge in [-0.05, 0) is 6.26 Å². The molecule has 2 aromatic rings. The quantitative estimate of drug-likeness (QED) is 0.380. The second-order valence-electron chi connectivity index (χ2n) is 3.83. The zero-order valence-electron chi connectivity index (χ0n) is 11.0. The van der Waals surface area contributed by atoms with Gasteiger partial charge in [0.2, 0.25) is 0 Å². The number of hydrogen-bond acceptors (Lipinski definition) is 7. The summed E-state index contributed by atoms with van der Waals surface area (Å²) in [4.78, 5) is 34.1. The molecule has 0 atom stereocenters. The SMILES string of the molecule is CSc1ncnc2c1ncn2CCNC(=O)N(C)N=O. The number of fused-ring (bicyclic) bond motifs is 1. The van der Waals surface area contributed by atoms with Gasteiger partial charge in [0.05, 0.1) is 11.6 Å². The molecule has 20 heavy (non-hydrogen) atoms. The van der Waals surface area contributed by atoms with Crippen molar-refractivity contribution in [3.63, 3.8) is 0 Å². The monoisotopic (exact) mass is 295 g/mol. The fraction of sp³-hybridized carbons (Fsp3) is 0.400. The van der Waals surface area contributed by atoms with E-state index in [1.807, 2.05) is 10.8 Å². The molecule has 0 aliphatic heterocycles. The number of rotatable bonds is 5. The third kappa shape index (κ3) is 2.85. The molecule has 0 aliphatic rings. The van der Waals surface area contributed by atoms with Gasteiger partial charge in [0, 0.05) is 20.1 Å². The summed E-state index contributed by atoms with van der Waals surface area (Å²) in [6, 6.07) is -0.552. The lowest BCUT2D eigenvalue weighted by molar-refractivity contribution is 0.209. The van der Waals surface area contributed by atoms with Gasteiger partial charge in [0.25, 0.3) is 0 Å². The number of thioether (sulfide) groups is 1. The summed E-state index contributed by atoms with van der Waals surface area (Å²) in [6.07, 6.45) is 5.05. The van der Waals surface area contributed by atoms with E-state index in [1.165, 1.54) is 25.1 Å². The van der Waals surface area contributed by atoms with Gasteiger partial charge < -0.3 is 9.88 Å². The third-order valence-electron chi connectivity index (χ3n) is 2.61. The maximum absolute atomic E-state index is 11.3. The van der Waals surface area contributed by atoms with E-state index in [1.54, 1.807) is 6.33 Å². The highest BCUT2D eigenvalue weighted by Crippen LogP contribution is 2.20. The van der Waals surface area contributed by atoms with E-state index < -0.39 is 6.03 Å². The summed E-state index contributed by atoms with van der Waals surface area (Å²) < 4.78 is 1.81. The fourth-order valence-electron chi connectivity index (χ4n) is 1.61. The molecule has 0 saturated heterocycles. The Labute approximate surface area is 118 Å². The predicted molar refractivity (Wildman–Crippen MR) is 74.1 cm³/mol. The number of nitroso groups, excluding NO2 is 1. The minimum atomic E-state index is -0.552. The lowest BCUT2D eigenvalue weighted by Gasteiger charge is -2.09. The molecular weight excluding hydrogens is 282 g/mol. The number of nitrogens with one attached hydrogen (secondary N) is 1. The first kappa shape index (κ1) is 14.2. The number of hydrogen-bond donors (Lipinski definition) is 1. The molecule has 2 heterocycles. The largest absolute Gasteiger partial charge is 0.340 e. The van der Waals surface area contributed by atoms with Crippen LogP contribution in [0.2, 0.25) is 0 Å². The van der Waals surface area contributed by atoms with Crippen molar-refractivity contribution in [3.05, 3.63) is 17.6 Å². The van der Waals surface area contributed by atoms with Gasteiger partial charge >= 0.3 is 6.03 Å². The minimum absolute atomic E-state index is 0.336. The summed E-state index contributed by atoms with van der Waals surface area (Å²) in [6.45, 7) is 0.822. The van der Waals surface area contributed by atoms with Crippen molar-refractivity contribution in [3.8, 4) is 0 Å². The Morgan fingerprint density at radius 1 is 1.50 bits per heavy atom. The van der Waals surface area contributed by atoms with Crippen molar-refractivity contribution in [1.82, 2.24) is 29.8 Å². The van der Waals surface area contributed by atoms with Gasteiger partial charge in [-0.2, -0.15) is 5.01 Å². The van der Waals surface area contributed by atoms with E-state index in [0.717, 1.165) is 10.5 Å². The average molecular weight is 295 g/mol.